The van der Waals surface area contributed by atoms with Gasteiger partial charge in [-0.25, -0.2) is 0 Å². The Bertz CT molecular complexity index is 1100. The van der Waals surface area contributed by atoms with Gasteiger partial charge in [-0.15, -0.1) is 0 Å². The molecular formula is C33H52O7. The number of carbonyl (C=O) groups is 1. The van der Waals surface area contributed by atoms with Gasteiger partial charge in [-0.1, -0.05) is 13.8 Å². The minimum absolute atomic E-state index is 0.0237. The maximum Gasteiger partial charge on any atom is 0.164 e. The van der Waals surface area contributed by atoms with Crippen LogP contribution in [0.5, 0.6) is 0 Å². The van der Waals surface area contributed by atoms with Gasteiger partial charge in [-0.2, -0.15) is 0 Å². The molecule has 2 unspecified atom stereocenters. The van der Waals surface area contributed by atoms with E-state index in [-0.39, 0.29) is 47.3 Å². The van der Waals surface area contributed by atoms with Crippen LogP contribution in [0.1, 0.15) is 114 Å². The maximum atomic E-state index is 13.8. The SMILES string of the molecule is CC(C)(O)CC[C@@H]1OC(C)(C)O[C@@]1(C)C1CC[C@]2(O)C3=CC(=O)[C@@H]4C[C@H]5OC(C)(C)O[C@H]5C[C@]4(C)C3CC[C@]12C. The van der Waals surface area contributed by atoms with Crippen molar-refractivity contribution in [3.63, 3.8) is 0 Å². The first-order valence-electron chi connectivity index (χ1n) is 15.7. The lowest BCUT2D eigenvalue weighted by molar-refractivity contribution is -0.190. The number of hydrogen-bond acceptors (Lipinski definition) is 7. The molecule has 7 nitrogen and oxygen atoms in total. The standard InChI is InChI=1S/C33H52O7/c1-27(2,35)13-12-26-32(9,40-29(5,6)39-26)25-11-15-33(36)20-16-22(34)21-17-23-24(38-28(3,4)37-23)18-30(21,7)19(20)10-14-31(25,33)8/h16,19,21,23-26,35-36H,10-15,17-18H2,1-9H3/t19?,21-,23+,24-,25?,26-,30+,31+,32-,33-/m0/s1. The van der Waals surface area contributed by atoms with E-state index in [1.165, 1.54) is 0 Å². The molecule has 6 aliphatic rings. The molecule has 2 N–H and O–H groups in total. The van der Waals surface area contributed by atoms with Gasteiger partial charge in [0.25, 0.3) is 0 Å². The van der Waals surface area contributed by atoms with Crippen molar-refractivity contribution >= 4 is 5.78 Å². The highest BCUT2D eigenvalue weighted by Gasteiger charge is 2.71. The van der Waals surface area contributed by atoms with Gasteiger partial charge >= 0.3 is 0 Å². The number of ether oxygens (including phenoxy) is 4. The molecular weight excluding hydrogens is 508 g/mol. The van der Waals surface area contributed by atoms with E-state index < -0.39 is 33.8 Å². The molecule has 0 amide bonds. The fraction of sp³-hybridized carbons (Fsp3) is 0.909. The summed E-state index contributed by atoms with van der Waals surface area (Å²) < 4.78 is 25.8. The number of fused-ring (bicyclic) bond motifs is 6. The van der Waals surface area contributed by atoms with E-state index in [2.05, 4.69) is 20.8 Å². The normalized spacial score (nSPS) is 51.1. The molecule has 2 heterocycles. The number of carbonyl (C=O) groups excluding carboxylic acids is 1. The summed E-state index contributed by atoms with van der Waals surface area (Å²) in [7, 11) is 0. The molecule has 7 heteroatoms. The molecule has 2 aliphatic heterocycles. The zero-order valence-electron chi connectivity index (χ0n) is 26.1. The minimum Gasteiger partial charge on any atom is -0.390 e. The van der Waals surface area contributed by atoms with Gasteiger partial charge in [0, 0.05) is 11.3 Å². The van der Waals surface area contributed by atoms with Crippen molar-refractivity contribution < 1.29 is 34.0 Å². The Kier molecular flexibility index (Phi) is 6.31. The quantitative estimate of drug-likeness (QED) is 0.472. The molecule has 0 bridgehead atoms. The summed E-state index contributed by atoms with van der Waals surface area (Å²) in [5.74, 6) is -1.17. The van der Waals surface area contributed by atoms with Crippen LogP contribution in [0, 0.1) is 28.6 Å². The lowest BCUT2D eigenvalue weighted by Crippen LogP contribution is -2.62. The molecule has 6 rings (SSSR count). The minimum atomic E-state index is -1.08. The van der Waals surface area contributed by atoms with Crippen molar-refractivity contribution in [1.29, 1.82) is 0 Å². The predicted molar refractivity (Wildman–Crippen MR) is 150 cm³/mol. The second kappa shape index (κ2) is 8.63. The van der Waals surface area contributed by atoms with E-state index in [0.29, 0.717) is 25.7 Å². The summed E-state index contributed by atoms with van der Waals surface area (Å²) in [5.41, 5.74) is -2.28. The lowest BCUT2D eigenvalue weighted by Gasteiger charge is -2.60. The second-order valence-electron chi connectivity index (χ2n) is 16.3. The van der Waals surface area contributed by atoms with Crippen LogP contribution in [0.15, 0.2) is 11.6 Å². The van der Waals surface area contributed by atoms with Crippen molar-refractivity contribution in [1.82, 2.24) is 0 Å². The topological polar surface area (TPSA) is 94.5 Å². The van der Waals surface area contributed by atoms with Crippen LogP contribution >= 0.6 is 0 Å². The number of aliphatic hydroxyl groups is 2. The zero-order chi connectivity index (χ0) is 29.3. The molecule has 0 spiro atoms. The van der Waals surface area contributed by atoms with Gasteiger partial charge in [-0.3, -0.25) is 4.79 Å². The van der Waals surface area contributed by atoms with Crippen molar-refractivity contribution in [2.24, 2.45) is 28.6 Å². The van der Waals surface area contributed by atoms with Crippen LogP contribution < -0.4 is 0 Å². The fourth-order valence-electron chi connectivity index (χ4n) is 10.5. The van der Waals surface area contributed by atoms with Crippen molar-refractivity contribution in [3.8, 4) is 0 Å². The third kappa shape index (κ3) is 4.16. The van der Waals surface area contributed by atoms with E-state index in [1.54, 1.807) is 0 Å². The summed E-state index contributed by atoms with van der Waals surface area (Å²) in [4.78, 5) is 13.8. The molecule has 226 valence electrons. The van der Waals surface area contributed by atoms with Gasteiger partial charge < -0.3 is 29.2 Å². The third-order valence-electron chi connectivity index (χ3n) is 12.2. The summed E-state index contributed by atoms with van der Waals surface area (Å²) in [6, 6.07) is 0. The molecule has 4 aliphatic carbocycles. The zero-order valence-corrected chi connectivity index (χ0v) is 26.1. The number of rotatable bonds is 4. The van der Waals surface area contributed by atoms with Gasteiger partial charge in [0.2, 0.25) is 0 Å². The first-order valence-corrected chi connectivity index (χ1v) is 15.7. The summed E-state index contributed by atoms with van der Waals surface area (Å²) >= 11 is 0. The van der Waals surface area contributed by atoms with Gasteiger partial charge in [-0.05, 0) is 129 Å². The molecule has 0 aromatic rings. The van der Waals surface area contributed by atoms with E-state index in [0.717, 1.165) is 31.3 Å². The van der Waals surface area contributed by atoms with Gasteiger partial charge in [0.05, 0.1) is 35.1 Å². The molecule has 0 aromatic carbocycles. The lowest BCUT2D eigenvalue weighted by atomic mass is 9.45. The Morgan fingerprint density at radius 1 is 0.925 bits per heavy atom. The molecule has 5 fully saturated rings. The van der Waals surface area contributed by atoms with Crippen LogP contribution in [0.3, 0.4) is 0 Å². The Labute approximate surface area is 240 Å². The molecule has 0 aromatic heterocycles. The average molecular weight is 561 g/mol. The highest BCUT2D eigenvalue weighted by molar-refractivity contribution is 5.95. The summed E-state index contributed by atoms with van der Waals surface area (Å²) in [5, 5.41) is 23.3. The Hall–Kier alpha value is -0.830. The van der Waals surface area contributed by atoms with Crippen LogP contribution in [-0.2, 0) is 23.7 Å². The molecule has 0 radical (unpaired) electrons. The second-order valence-corrected chi connectivity index (χ2v) is 16.3. The molecule has 2 saturated heterocycles. The first kappa shape index (κ1) is 29.3. The van der Waals surface area contributed by atoms with Crippen LogP contribution in [0.4, 0.5) is 0 Å². The van der Waals surface area contributed by atoms with Crippen molar-refractivity contribution in [2.45, 2.75) is 160 Å². The van der Waals surface area contributed by atoms with Crippen LogP contribution in [0.25, 0.3) is 0 Å². The van der Waals surface area contributed by atoms with E-state index in [1.807, 2.05) is 47.6 Å². The first-order chi connectivity index (χ1) is 18.2. The van der Waals surface area contributed by atoms with Crippen molar-refractivity contribution in [3.05, 3.63) is 11.6 Å². The number of ketones is 1. The average Bonchev–Trinajstić information content (AvgIpc) is 3.34. The fourth-order valence-corrected chi connectivity index (χ4v) is 10.5. The number of allylic oxidation sites excluding steroid dienone is 1. The van der Waals surface area contributed by atoms with E-state index in [4.69, 9.17) is 18.9 Å². The molecule has 10 atom stereocenters. The summed E-state index contributed by atoms with van der Waals surface area (Å²) in [6.45, 7) is 18.2. The van der Waals surface area contributed by atoms with Crippen LogP contribution in [0.2, 0.25) is 0 Å². The van der Waals surface area contributed by atoms with E-state index >= 15 is 0 Å². The monoisotopic (exact) mass is 560 g/mol. The molecule has 3 saturated carbocycles. The number of hydrogen-bond donors (Lipinski definition) is 2. The maximum absolute atomic E-state index is 13.8. The van der Waals surface area contributed by atoms with Crippen LogP contribution in [-0.4, -0.2) is 62.7 Å². The van der Waals surface area contributed by atoms with Gasteiger partial charge in [0.1, 0.15) is 0 Å². The third-order valence-corrected chi connectivity index (χ3v) is 12.2. The largest absolute Gasteiger partial charge is 0.390 e. The Morgan fingerprint density at radius 3 is 2.27 bits per heavy atom. The Balaban J connectivity index is 1.33. The predicted octanol–water partition coefficient (Wildman–Crippen LogP) is 5.45. The summed E-state index contributed by atoms with van der Waals surface area (Å²) in [6.07, 6.45) is 7.51. The highest BCUT2D eigenvalue weighted by Crippen LogP contribution is 2.70. The highest BCUT2D eigenvalue weighted by atomic mass is 16.8. The Morgan fingerprint density at radius 2 is 1.60 bits per heavy atom. The van der Waals surface area contributed by atoms with Gasteiger partial charge in [0.15, 0.2) is 17.4 Å². The van der Waals surface area contributed by atoms with E-state index in [9.17, 15) is 15.0 Å². The van der Waals surface area contributed by atoms with Crippen molar-refractivity contribution in [2.75, 3.05) is 0 Å². The molecule has 40 heavy (non-hydrogen) atoms. The smallest absolute Gasteiger partial charge is 0.164 e.